The fourth-order valence-corrected chi connectivity index (χ4v) is 3.80. The predicted molar refractivity (Wildman–Crippen MR) is 98.9 cm³/mol. The molecular weight excluding hydrogens is 312 g/mol. The molecule has 6 nitrogen and oxygen atoms in total. The number of hydrogen-bond donors (Lipinski definition) is 2. The topological polar surface area (TPSA) is 76.3 Å². The number of likely N-dealkylation sites (tertiary alicyclic amines) is 1. The minimum Gasteiger partial charge on any atom is -0.357 e. The SMILES string of the molecule is NCc1ccccc1CN1Cn2nccc2C=C1N1CCCC(N)C1. The van der Waals surface area contributed by atoms with Crippen molar-refractivity contribution in [1.82, 2.24) is 19.6 Å². The van der Waals surface area contributed by atoms with Gasteiger partial charge in [0.15, 0.2) is 0 Å². The van der Waals surface area contributed by atoms with Crippen LogP contribution in [0.15, 0.2) is 42.3 Å². The molecule has 132 valence electrons. The molecule has 0 bridgehead atoms. The molecule has 25 heavy (non-hydrogen) atoms. The van der Waals surface area contributed by atoms with Crippen molar-refractivity contribution in [2.45, 2.75) is 38.6 Å². The predicted octanol–water partition coefficient (Wildman–Crippen LogP) is 1.54. The van der Waals surface area contributed by atoms with Gasteiger partial charge in [0.2, 0.25) is 0 Å². The number of aromatic nitrogens is 2. The molecule has 4 rings (SSSR count). The van der Waals surface area contributed by atoms with E-state index >= 15 is 0 Å². The van der Waals surface area contributed by atoms with Gasteiger partial charge in [-0.15, -0.1) is 0 Å². The lowest BCUT2D eigenvalue weighted by Crippen LogP contribution is -2.47. The summed E-state index contributed by atoms with van der Waals surface area (Å²) in [5.41, 5.74) is 15.8. The molecule has 1 saturated heterocycles. The van der Waals surface area contributed by atoms with E-state index in [1.165, 1.54) is 16.9 Å². The molecule has 4 N–H and O–H groups in total. The van der Waals surface area contributed by atoms with E-state index in [4.69, 9.17) is 11.5 Å². The molecule has 1 aromatic heterocycles. The van der Waals surface area contributed by atoms with E-state index < -0.39 is 0 Å². The van der Waals surface area contributed by atoms with Crippen LogP contribution in [0, 0.1) is 0 Å². The van der Waals surface area contributed by atoms with Gasteiger partial charge in [-0.1, -0.05) is 24.3 Å². The summed E-state index contributed by atoms with van der Waals surface area (Å²) in [5.74, 6) is 1.25. The van der Waals surface area contributed by atoms with Gasteiger partial charge in [0, 0.05) is 44.5 Å². The summed E-state index contributed by atoms with van der Waals surface area (Å²) in [6.07, 6.45) is 6.35. The van der Waals surface area contributed by atoms with E-state index in [1.54, 1.807) is 0 Å². The van der Waals surface area contributed by atoms with Crippen molar-refractivity contribution in [3.8, 4) is 0 Å². The van der Waals surface area contributed by atoms with Gasteiger partial charge in [-0.3, -0.25) is 0 Å². The minimum atomic E-state index is 0.250. The van der Waals surface area contributed by atoms with Gasteiger partial charge in [-0.05, 0) is 30.0 Å². The Morgan fingerprint density at radius 1 is 1.16 bits per heavy atom. The minimum absolute atomic E-state index is 0.250. The number of hydrogen-bond acceptors (Lipinski definition) is 5. The lowest BCUT2D eigenvalue weighted by molar-refractivity contribution is 0.138. The second-order valence-electron chi connectivity index (χ2n) is 6.92. The molecule has 0 aliphatic carbocycles. The fraction of sp³-hybridized carbons (Fsp3) is 0.421. The van der Waals surface area contributed by atoms with Crippen molar-refractivity contribution in [1.29, 1.82) is 0 Å². The van der Waals surface area contributed by atoms with Crippen LogP contribution < -0.4 is 11.5 Å². The molecule has 0 amide bonds. The van der Waals surface area contributed by atoms with E-state index in [0.717, 1.165) is 44.8 Å². The zero-order valence-corrected chi connectivity index (χ0v) is 14.5. The zero-order chi connectivity index (χ0) is 17.2. The summed E-state index contributed by atoms with van der Waals surface area (Å²) >= 11 is 0. The van der Waals surface area contributed by atoms with Gasteiger partial charge in [-0.2, -0.15) is 5.10 Å². The van der Waals surface area contributed by atoms with Crippen LogP contribution in [0.25, 0.3) is 6.08 Å². The summed E-state index contributed by atoms with van der Waals surface area (Å²) in [7, 11) is 0. The molecule has 0 radical (unpaired) electrons. The number of nitrogens with zero attached hydrogens (tertiary/aromatic N) is 4. The standard InChI is InChI=1S/C19H26N6/c20-11-15-4-1-2-5-16(15)12-24-14-25-18(7-8-22-25)10-19(24)23-9-3-6-17(21)13-23/h1-2,4-5,7-8,10,17H,3,6,9,11-14,20-21H2. The Morgan fingerprint density at radius 3 is 2.80 bits per heavy atom. The third kappa shape index (κ3) is 3.27. The first kappa shape index (κ1) is 16.2. The summed E-state index contributed by atoms with van der Waals surface area (Å²) in [6.45, 7) is 4.10. The van der Waals surface area contributed by atoms with Crippen molar-refractivity contribution in [3.63, 3.8) is 0 Å². The second kappa shape index (κ2) is 6.90. The molecule has 1 fully saturated rings. The van der Waals surface area contributed by atoms with Gasteiger partial charge in [0.25, 0.3) is 0 Å². The third-order valence-corrected chi connectivity index (χ3v) is 5.14. The monoisotopic (exact) mass is 338 g/mol. The Morgan fingerprint density at radius 2 is 2.00 bits per heavy atom. The van der Waals surface area contributed by atoms with Crippen molar-refractivity contribution in [2.24, 2.45) is 11.5 Å². The normalized spacial score (nSPS) is 20.4. The average Bonchev–Trinajstić information content (AvgIpc) is 3.09. The van der Waals surface area contributed by atoms with Gasteiger partial charge in [0.05, 0.1) is 5.69 Å². The van der Waals surface area contributed by atoms with Crippen LogP contribution in [-0.4, -0.2) is 38.7 Å². The second-order valence-corrected chi connectivity index (χ2v) is 6.92. The maximum Gasteiger partial charge on any atom is 0.114 e. The van der Waals surface area contributed by atoms with Gasteiger partial charge < -0.3 is 21.3 Å². The summed E-state index contributed by atoms with van der Waals surface area (Å²) in [6, 6.07) is 10.7. The number of benzene rings is 1. The van der Waals surface area contributed by atoms with Crippen molar-refractivity contribution < 1.29 is 0 Å². The van der Waals surface area contributed by atoms with Gasteiger partial charge in [0.1, 0.15) is 12.5 Å². The van der Waals surface area contributed by atoms with Crippen LogP contribution >= 0.6 is 0 Å². The summed E-state index contributed by atoms with van der Waals surface area (Å²) in [5, 5.41) is 4.45. The Kier molecular flexibility index (Phi) is 4.46. The van der Waals surface area contributed by atoms with E-state index in [2.05, 4.69) is 45.2 Å². The first-order valence-corrected chi connectivity index (χ1v) is 9.00. The zero-order valence-electron chi connectivity index (χ0n) is 14.5. The van der Waals surface area contributed by atoms with Crippen molar-refractivity contribution >= 4 is 6.08 Å². The Balaban J connectivity index is 1.65. The van der Waals surface area contributed by atoms with E-state index in [9.17, 15) is 0 Å². The molecule has 3 heterocycles. The lowest BCUT2D eigenvalue weighted by Gasteiger charge is -2.41. The summed E-state index contributed by atoms with van der Waals surface area (Å²) < 4.78 is 2.04. The van der Waals surface area contributed by atoms with Crippen molar-refractivity contribution in [3.05, 3.63) is 59.2 Å². The number of nitrogens with two attached hydrogens (primary N) is 2. The van der Waals surface area contributed by atoms with Crippen LogP contribution in [0.2, 0.25) is 0 Å². The highest BCUT2D eigenvalue weighted by Gasteiger charge is 2.26. The van der Waals surface area contributed by atoms with E-state index in [0.29, 0.717) is 6.54 Å². The highest BCUT2D eigenvalue weighted by Crippen LogP contribution is 2.27. The molecule has 2 aliphatic heterocycles. The lowest BCUT2D eigenvalue weighted by atomic mass is 10.1. The molecule has 6 heteroatoms. The average molecular weight is 338 g/mol. The number of rotatable bonds is 4. The quantitative estimate of drug-likeness (QED) is 0.884. The van der Waals surface area contributed by atoms with Crippen LogP contribution in [0.5, 0.6) is 0 Å². The highest BCUT2D eigenvalue weighted by molar-refractivity contribution is 5.49. The van der Waals surface area contributed by atoms with Crippen LogP contribution in [0.1, 0.15) is 29.7 Å². The first-order chi connectivity index (χ1) is 12.2. The smallest absolute Gasteiger partial charge is 0.114 e. The largest absolute Gasteiger partial charge is 0.357 e. The molecule has 1 aromatic carbocycles. The van der Waals surface area contributed by atoms with Crippen molar-refractivity contribution in [2.75, 3.05) is 13.1 Å². The van der Waals surface area contributed by atoms with E-state index in [1.807, 2.05) is 16.9 Å². The number of fused-ring (bicyclic) bond motifs is 1. The van der Waals surface area contributed by atoms with Gasteiger partial charge in [-0.25, -0.2) is 4.68 Å². The molecule has 1 unspecified atom stereocenters. The van der Waals surface area contributed by atoms with E-state index in [-0.39, 0.29) is 6.04 Å². The fourth-order valence-electron chi connectivity index (χ4n) is 3.80. The molecule has 2 aromatic rings. The molecular formula is C19H26N6. The maximum absolute atomic E-state index is 6.23. The highest BCUT2D eigenvalue weighted by atomic mass is 15.4. The number of piperidine rings is 1. The third-order valence-electron chi connectivity index (χ3n) is 5.14. The van der Waals surface area contributed by atoms with Crippen LogP contribution in [0.4, 0.5) is 0 Å². The summed E-state index contributed by atoms with van der Waals surface area (Å²) in [4.78, 5) is 4.81. The van der Waals surface area contributed by atoms with Crippen LogP contribution in [-0.2, 0) is 19.8 Å². The molecule has 0 spiro atoms. The first-order valence-electron chi connectivity index (χ1n) is 9.00. The Bertz CT molecular complexity index is 765. The van der Waals surface area contributed by atoms with Crippen LogP contribution in [0.3, 0.4) is 0 Å². The molecule has 0 saturated carbocycles. The molecule has 2 aliphatic rings. The Hall–Kier alpha value is -2.31. The maximum atomic E-state index is 6.23. The van der Waals surface area contributed by atoms with Gasteiger partial charge >= 0.3 is 0 Å². The molecule has 1 atom stereocenters. The Labute approximate surface area is 148 Å².